The molecule has 0 spiro atoms. The summed E-state index contributed by atoms with van der Waals surface area (Å²) in [5.41, 5.74) is 3.17. The number of aromatic nitrogens is 4. The molecule has 0 bridgehead atoms. The highest BCUT2D eigenvalue weighted by Crippen LogP contribution is 2.29. The van der Waals surface area contributed by atoms with E-state index in [1.807, 2.05) is 0 Å². The highest BCUT2D eigenvalue weighted by atomic mass is 19.4. The van der Waals surface area contributed by atoms with Gasteiger partial charge in [0.05, 0.1) is 24.0 Å². The summed E-state index contributed by atoms with van der Waals surface area (Å²) in [7, 11) is 1.72. The molecule has 0 saturated heterocycles. The number of halogens is 4. The summed E-state index contributed by atoms with van der Waals surface area (Å²) >= 11 is 0. The van der Waals surface area contributed by atoms with Gasteiger partial charge >= 0.3 is 6.18 Å². The van der Waals surface area contributed by atoms with E-state index in [-0.39, 0.29) is 36.0 Å². The lowest BCUT2D eigenvalue weighted by Gasteiger charge is -2.24. The highest BCUT2D eigenvalue weighted by Gasteiger charge is 2.30. The van der Waals surface area contributed by atoms with Crippen LogP contribution in [-0.2, 0) is 30.6 Å². The van der Waals surface area contributed by atoms with Crippen molar-refractivity contribution in [2.45, 2.75) is 38.7 Å². The van der Waals surface area contributed by atoms with E-state index >= 15 is 0 Å². The minimum Gasteiger partial charge on any atom is -0.347 e. The third-order valence-corrected chi connectivity index (χ3v) is 5.90. The van der Waals surface area contributed by atoms with Gasteiger partial charge in [-0.15, -0.1) is 10.2 Å². The van der Waals surface area contributed by atoms with Crippen molar-refractivity contribution in [2.75, 3.05) is 13.6 Å². The van der Waals surface area contributed by atoms with Gasteiger partial charge in [-0.05, 0) is 42.7 Å². The maximum atomic E-state index is 13.3. The van der Waals surface area contributed by atoms with Crippen molar-refractivity contribution < 1.29 is 27.2 Å². The van der Waals surface area contributed by atoms with Gasteiger partial charge in [0.15, 0.2) is 5.69 Å². The smallest absolute Gasteiger partial charge is 0.347 e. The van der Waals surface area contributed by atoms with Gasteiger partial charge in [0, 0.05) is 39.1 Å². The molecular weight excluding hydrogens is 534 g/mol. The summed E-state index contributed by atoms with van der Waals surface area (Å²) in [4.78, 5) is 28.7. The summed E-state index contributed by atoms with van der Waals surface area (Å²) < 4.78 is 53.4. The monoisotopic (exact) mass is 561 g/mol. The molecule has 0 radical (unpaired) electrons. The van der Waals surface area contributed by atoms with Crippen molar-refractivity contribution in [2.24, 2.45) is 0 Å². The number of rotatable bonds is 11. The molecule has 0 fully saturated rings. The first-order valence-electron chi connectivity index (χ1n) is 12.3. The molecule has 212 valence electrons. The zero-order chi connectivity index (χ0) is 28.7. The minimum atomic E-state index is -4.49. The zero-order valence-corrected chi connectivity index (χ0v) is 21.5. The van der Waals surface area contributed by atoms with Crippen LogP contribution in [0.3, 0.4) is 0 Å². The van der Waals surface area contributed by atoms with Crippen LogP contribution in [0, 0.1) is 5.82 Å². The third-order valence-electron chi connectivity index (χ3n) is 5.90. The van der Waals surface area contributed by atoms with E-state index in [1.54, 1.807) is 40.2 Å². The molecule has 40 heavy (non-hydrogen) atoms. The molecule has 2 aromatic heterocycles. The largest absolute Gasteiger partial charge is 0.416 e. The molecule has 2 amide bonds. The average Bonchev–Trinajstić information content (AvgIpc) is 3.55. The van der Waals surface area contributed by atoms with Crippen LogP contribution in [0.1, 0.15) is 40.2 Å². The molecule has 1 aromatic carbocycles. The minimum absolute atomic E-state index is 0.0901. The van der Waals surface area contributed by atoms with Crippen molar-refractivity contribution in [1.82, 2.24) is 46.2 Å². The summed E-state index contributed by atoms with van der Waals surface area (Å²) in [6.45, 7) is 1.08. The van der Waals surface area contributed by atoms with Crippen molar-refractivity contribution in [1.29, 1.82) is 0 Å². The van der Waals surface area contributed by atoms with Crippen LogP contribution in [0.15, 0.2) is 60.7 Å². The van der Waals surface area contributed by atoms with Gasteiger partial charge in [-0.3, -0.25) is 29.7 Å². The van der Waals surface area contributed by atoms with Gasteiger partial charge in [-0.25, -0.2) is 4.39 Å². The predicted octanol–water partition coefficient (Wildman–Crippen LogP) is 2.37. The molecule has 0 aliphatic carbocycles. The molecular formula is C25H27F4N9O2. The standard InChI is InChI=1S/C25H27F4N9O2/c1-36-34-22(24(40)32-14-20-12-18(7-8-30-20)25(27,28)29)16-38(36)10-3-2-9-37-15-21(33-35-37)23(39)31-13-17-5-4-6-19(26)11-17/h4-8,11-12,15-16,34H,2-3,9-10,13-14H2,1H3,(H,31,39)(H,32,40). The molecule has 0 unspecified atom stereocenters. The average molecular weight is 562 g/mol. The summed E-state index contributed by atoms with van der Waals surface area (Å²) in [5.74, 6) is -1.28. The highest BCUT2D eigenvalue weighted by molar-refractivity contribution is 5.93. The second-order valence-electron chi connectivity index (χ2n) is 8.94. The quantitative estimate of drug-likeness (QED) is 0.241. The lowest BCUT2D eigenvalue weighted by atomic mass is 10.2. The fourth-order valence-electron chi connectivity index (χ4n) is 3.82. The van der Waals surface area contributed by atoms with Crippen LogP contribution in [0.25, 0.3) is 0 Å². The van der Waals surface area contributed by atoms with Crippen LogP contribution < -0.4 is 16.1 Å². The van der Waals surface area contributed by atoms with E-state index in [0.717, 1.165) is 18.3 Å². The van der Waals surface area contributed by atoms with Crippen molar-refractivity contribution in [3.63, 3.8) is 0 Å². The molecule has 4 rings (SSSR count). The van der Waals surface area contributed by atoms with Gasteiger partial charge < -0.3 is 10.6 Å². The van der Waals surface area contributed by atoms with E-state index < -0.39 is 23.6 Å². The van der Waals surface area contributed by atoms with Crippen molar-refractivity contribution in [3.8, 4) is 0 Å². The van der Waals surface area contributed by atoms with E-state index in [1.165, 1.54) is 18.3 Å². The van der Waals surface area contributed by atoms with Gasteiger partial charge in [-0.1, -0.05) is 17.3 Å². The maximum Gasteiger partial charge on any atom is 0.416 e. The Labute approximate surface area is 226 Å². The lowest BCUT2D eigenvalue weighted by Crippen LogP contribution is -2.41. The van der Waals surface area contributed by atoms with Crippen LogP contribution in [0.2, 0.25) is 0 Å². The fraction of sp³-hybridized carbons (Fsp3) is 0.320. The number of aryl methyl sites for hydroxylation is 1. The molecule has 3 heterocycles. The van der Waals surface area contributed by atoms with Crippen LogP contribution >= 0.6 is 0 Å². The Hall–Kier alpha value is -4.53. The van der Waals surface area contributed by atoms with Crippen molar-refractivity contribution in [3.05, 3.63) is 89.0 Å². The maximum absolute atomic E-state index is 13.3. The second-order valence-corrected chi connectivity index (χ2v) is 8.94. The van der Waals surface area contributed by atoms with Gasteiger partial charge in [0.25, 0.3) is 11.8 Å². The number of nitrogens with one attached hydrogen (secondary N) is 3. The van der Waals surface area contributed by atoms with E-state index in [2.05, 4.69) is 31.4 Å². The number of alkyl halides is 3. The predicted molar refractivity (Wildman–Crippen MR) is 134 cm³/mol. The first kappa shape index (κ1) is 28.5. The molecule has 15 heteroatoms. The zero-order valence-electron chi connectivity index (χ0n) is 21.5. The van der Waals surface area contributed by atoms with Gasteiger partial charge in [0.2, 0.25) is 0 Å². The Bertz CT molecular complexity index is 1380. The Morgan fingerprint density at radius 1 is 1.02 bits per heavy atom. The van der Waals surface area contributed by atoms with Crippen LogP contribution in [0.5, 0.6) is 0 Å². The number of hydrazine groups is 2. The number of pyridine rings is 1. The summed E-state index contributed by atoms with van der Waals surface area (Å²) in [5, 5.41) is 16.5. The third kappa shape index (κ3) is 7.75. The Morgan fingerprint density at radius 3 is 2.58 bits per heavy atom. The van der Waals surface area contributed by atoms with Crippen LogP contribution in [0.4, 0.5) is 17.6 Å². The number of hydrogen-bond acceptors (Lipinski definition) is 8. The molecule has 1 aliphatic rings. The molecule has 11 nitrogen and oxygen atoms in total. The number of nitrogens with zero attached hydrogens (tertiary/aromatic N) is 6. The molecule has 0 atom stereocenters. The molecule has 3 N–H and O–H groups in total. The second kappa shape index (κ2) is 12.5. The van der Waals surface area contributed by atoms with Crippen molar-refractivity contribution >= 4 is 11.8 Å². The fourth-order valence-corrected chi connectivity index (χ4v) is 3.82. The number of amides is 2. The summed E-state index contributed by atoms with van der Waals surface area (Å²) in [6, 6.07) is 7.70. The normalized spacial score (nSPS) is 13.6. The van der Waals surface area contributed by atoms with E-state index in [9.17, 15) is 27.2 Å². The number of unbranched alkanes of at least 4 members (excludes halogenated alkanes) is 1. The molecule has 1 aliphatic heterocycles. The molecule has 0 saturated carbocycles. The lowest BCUT2D eigenvalue weighted by molar-refractivity contribution is -0.137. The summed E-state index contributed by atoms with van der Waals surface area (Å²) in [6.07, 6.45) is 1.12. The number of carbonyl (C=O) groups excluding carboxylic acids is 2. The van der Waals surface area contributed by atoms with E-state index in [0.29, 0.717) is 31.5 Å². The first-order valence-corrected chi connectivity index (χ1v) is 12.3. The number of carbonyl (C=O) groups is 2. The van der Waals surface area contributed by atoms with E-state index in [4.69, 9.17) is 0 Å². The number of hydrogen-bond donors (Lipinski definition) is 3. The first-order chi connectivity index (χ1) is 19.1. The van der Waals surface area contributed by atoms with Gasteiger partial charge in [0.1, 0.15) is 11.5 Å². The Morgan fingerprint density at radius 2 is 1.80 bits per heavy atom. The Kier molecular flexibility index (Phi) is 8.93. The van der Waals surface area contributed by atoms with Crippen LogP contribution in [-0.4, -0.2) is 55.5 Å². The Balaban J connectivity index is 1.18. The van der Waals surface area contributed by atoms with Gasteiger partial charge in [-0.2, -0.15) is 13.2 Å². The number of benzene rings is 1. The SMILES string of the molecule is CN1NC(C(=O)NCc2cc(C(F)(F)F)ccn2)=CN1CCCCn1cc(C(=O)NCc2cccc(F)c2)nn1. The molecule has 3 aromatic rings. The topological polar surface area (TPSA) is 120 Å².